The van der Waals surface area contributed by atoms with Crippen LogP contribution in [0, 0.1) is 0 Å². The summed E-state index contributed by atoms with van der Waals surface area (Å²) < 4.78 is 7.07. The van der Waals surface area contributed by atoms with Gasteiger partial charge in [0.1, 0.15) is 0 Å². The summed E-state index contributed by atoms with van der Waals surface area (Å²) in [7, 11) is 1.77. The molecule has 2 heterocycles. The number of imidazole rings is 1. The number of carbonyl (C=O) groups excluding carboxylic acids is 1. The zero-order chi connectivity index (χ0) is 19.8. The SMILES string of the molecule is CCOC(=O)N1CCC(NC(=NC)NCc2ccccc2-n2ccnc2)CC1.I. The van der Waals surface area contributed by atoms with Gasteiger partial charge in [-0.1, -0.05) is 18.2 Å². The van der Waals surface area contributed by atoms with Gasteiger partial charge in [-0.15, -0.1) is 24.0 Å². The van der Waals surface area contributed by atoms with Gasteiger partial charge < -0.3 is 24.8 Å². The van der Waals surface area contributed by atoms with Crippen LogP contribution in [0.25, 0.3) is 5.69 Å². The summed E-state index contributed by atoms with van der Waals surface area (Å²) in [4.78, 5) is 22.0. The number of halogens is 1. The number of ether oxygens (including phenoxy) is 1. The molecule has 0 unspecified atom stereocenters. The predicted molar refractivity (Wildman–Crippen MR) is 124 cm³/mol. The van der Waals surface area contributed by atoms with Crippen molar-refractivity contribution in [2.75, 3.05) is 26.7 Å². The molecule has 0 bridgehead atoms. The maximum absolute atomic E-state index is 11.8. The van der Waals surface area contributed by atoms with E-state index in [-0.39, 0.29) is 36.1 Å². The molecule has 1 saturated heterocycles. The molecule has 1 aliphatic heterocycles. The van der Waals surface area contributed by atoms with E-state index < -0.39 is 0 Å². The lowest BCUT2D eigenvalue weighted by molar-refractivity contribution is 0.0963. The van der Waals surface area contributed by atoms with Crippen LogP contribution in [0.4, 0.5) is 4.79 Å². The monoisotopic (exact) mass is 512 g/mol. The van der Waals surface area contributed by atoms with Crippen molar-refractivity contribution in [3.05, 3.63) is 48.5 Å². The molecule has 0 radical (unpaired) electrons. The molecule has 8 nitrogen and oxygen atoms in total. The van der Waals surface area contributed by atoms with Gasteiger partial charge in [-0.25, -0.2) is 9.78 Å². The molecule has 2 aromatic rings. The van der Waals surface area contributed by atoms with Crippen molar-refractivity contribution >= 4 is 36.0 Å². The number of nitrogens with one attached hydrogen (secondary N) is 2. The molecular formula is C20H29IN6O2. The number of rotatable bonds is 5. The van der Waals surface area contributed by atoms with Gasteiger partial charge in [-0.05, 0) is 31.4 Å². The highest BCUT2D eigenvalue weighted by Crippen LogP contribution is 2.14. The van der Waals surface area contributed by atoms with E-state index in [2.05, 4.69) is 32.7 Å². The van der Waals surface area contributed by atoms with Crippen molar-refractivity contribution in [1.29, 1.82) is 0 Å². The Morgan fingerprint density at radius 3 is 2.72 bits per heavy atom. The van der Waals surface area contributed by atoms with Gasteiger partial charge in [0, 0.05) is 45.1 Å². The fraction of sp³-hybridized carbons (Fsp3) is 0.450. The Bertz CT molecular complexity index is 788. The minimum Gasteiger partial charge on any atom is -0.450 e. The van der Waals surface area contributed by atoms with Crippen molar-refractivity contribution < 1.29 is 9.53 Å². The van der Waals surface area contributed by atoms with Gasteiger partial charge in [0.25, 0.3) is 0 Å². The minimum atomic E-state index is -0.223. The van der Waals surface area contributed by atoms with Gasteiger partial charge >= 0.3 is 6.09 Å². The topological polar surface area (TPSA) is 83.8 Å². The zero-order valence-electron chi connectivity index (χ0n) is 16.9. The molecule has 1 fully saturated rings. The fourth-order valence-electron chi connectivity index (χ4n) is 3.30. The van der Waals surface area contributed by atoms with Crippen LogP contribution in [0.5, 0.6) is 0 Å². The maximum atomic E-state index is 11.8. The molecule has 158 valence electrons. The largest absolute Gasteiger partial charge is 0.450 e. The van der Waals surface area contributed by atoms with Gasteiger partial charge in [0.15, 0.2) is 5.96 Å². The van der Waals surface area contributed by atoms with Crippen molar-refractivity contribution in [2.24, 2.45) is 4.99 Å². The van der Waals surface area contributed by atoms with E-state index in [0.29, 0.717) is 26.2 Å². The number of para-hydroxylation sites is 1. The standard InChI is InChI=1S/C20H28N6O2.HI/c1-3-28-20(27)25-11-8-17(9-12-25)24-19(21-2)23-14-16-6-4-5-7-18(16)26-13-10-22-15-26;/h4-7,10,13,15,17H,3,8-9,11-12,14H2,1-2H3,(H2,21,23,24);1H. The molecule has 29 heavy (non-hydrogen) atoms. The average Bonchev–Trinajstić information content (AvgIpc) is 3.26. The summed E-state index contributed by atoms with van der Waals surface area (Å²) in [6, 6.07) is 8.48. The first kappa shape index (κ1) is 23.0. The molecule has 3 rings (SSSR count). The van der Waals surface area contributed by atoms with Crippen LogP contribution in [0.3, 0.4) is 0 Å². The van der Waals surface area contributed by atoms with E-state index in [9.17, 15) is 4.79 Å². The molecule has 0 atom stereocenters. The number of likely N-dealkylation sites (tertiary alicyclic amines) is 1. The smallest absolute Gasteiger partial charge is 0.409 e. The minimum absolute atomic E-state index is 0. The van der Waals surface area contributed by atoms with Crippen LogP contribution in [0.2, 0.25) is 0 Å². The number of hydrogen-bond acceptors (Lipinski definition) is 4. The van der Waals surface area contributed by atoms with Crippen LogP contribution in [0.1, 0.15) is 25.3 Å². The number of piperidine rings is 1. The zero-order valence-corrected chi connectivity index (χ0v) is 19.2. The first-order chi connectivity index (χ1) is 13.7. The number of aromatic nitrogens is 2. The Balaban J connectivity index is 0.00000300. The molecule has 0 spiro atoms. The van der Waals surface area contributed by atoms with E-state index in [1.54, 1.807) is 24.5 Å². The van der Waals surface area contributed by atoms with Gasteiger partial charge in [-0.3, -0.25) is 4.99 Å². The third-order valence-electron chi connectivity index (χ3n) is 4.81. The summed E-state index contributed by atoms with van der Waals surface area (Å²) in [6.07, 6.45) is 7.01. The Morgan fingerprint density at radius 2 is 2.07 bits per heavy atom. The second kappa shape index (κ2) is 11.6. The van der Waals surface area contributed by atoms with E-state index in [1.165, 1.54) is 0 Å². The van der Waals surface area contributed by atoms with Crippen molar-refractivity contribution in [1.82, 2.24) is 25.1 Å². The number of benzene rings is 1. The van der Waals surface area contributed by atoms with E-state index >= 15 is 0 Å². The Labute approximate surface area is 188 Å². The van der Waals surface area contributed by atoms with Gasteiger partial charge in [0.05, 0.1) is 18.6 Å². The third-order valence-corrected chi connectivity index (χ3v) is 4.81. The lowest BCUT2D eigenvalue weighted by atomic mass is 10.1. The number of amides is 1. The summed E-state index contributed by atoms with van der Waals surface area (Å²) in [6.45, 7) is 4.27. The van der Waals surface area contributed by atoms with Crippen LogP contribution < -0.4 is 10.6 Å². The van der Waals surface area contributed by atoms with Crippen LogP contribution in [-0.4, -0.2) is 59.3 Å². The number of carbonyl (C=O) groups is 1. The number of guanidine groups is 1. The fourth-order valence-corrected chi connectivity index (χ4v) is 3.30. The van der Waals surface area contributed by atoms with Gasteiger partial charge in [0.2, 0.25) is 0 Å². The Morgan fingerprint density at radius 1 is 1.31 bits per heavy atom. The lowest BCUT2D eigenvalue weighted by Crippen LogP contribution is -2.49. The maximum Gasteiger partial charge on any atom is 0.409 e. The molecule has 1 amide bonds. The number of hydrogen-bond donors (Lipinski definition) is 2. The van der Waals surface area contributed by atoms with E-state index in [0.717, 1.165) is 30.1 Å². The molecule has 0 aliphatic carbocycles. The second-order valence-electron chi connectivity index (χ2n) is 6.63. The quantitative estimate of drug-likeness (QED) is 0.366. The molecule has 1 aromatic carbocycles. The normalized spacial score (nSPS) is 14.8. The highest BCUT2D eigenvalue weighted by Gasteiger charge is 2.24. The highest BCUT2D eigenvalue weighted by molar-refractivity contribution is 14.0. The molecule has 2 N–H and O–H groups in total. The first-order valence-electron chi connectivity index (χ1n) is 9.66. The van der Waals surface area contributed by atoms with E-state index in [1.807, 2.05) is 29.8 Å². The second-order valence-corrected chi connectivity index (χ2v) is 6.63. The Hall–Kier alpha value is -2.30. The summed E-state index contributed by atoms with van der Waals surface area (Å²) in [5.74, 6) is 0.759. The Kier molecular flexibility index (Phi) is 9.23. The summed E-state index contributed by atoms with van der Waals surface area (Å²) in [5.41, 5.74) is 2.24. The molecule has 1 aliphatic rings. The summed E-state index contributed by atoms with van der Waals surface area (Å²) >= 11 is 0. The molecule has 1 aromatic heterocycles. The highest BCUT2D eigenvalue weighted by atomic mass is 127. The van der Waals surface area contributed by atoms with E-state index in [4.69, 9.17) is 4.74 Å². The van der Waals surface area contributed by atoms with Gasteiger partial charge in [-0.2, -0.15) is 0 Å². The summed E-state index contributed by atoms with van der Waals surface area (Å²) in [5, 5.41) is 6.85. The number of nitrogens with zero attached hydrogens (tertiary/aromatic N) is 4. The molecular weight excluding hydrogens is 483 g/mol. The van der Waals surface area contributed by atoms with Crippen molar-refractivity contribution in [3.63, 3.8) is 0 Å². The average molecular weight is 512 g/mol. The van der Waals surface area contributed by atoms with Crippen LogP contribution >= 0.6 is 24.0 Å². The first-order valence-corrected chi connectivity index (χ1v) is 9.66. The lowest BCUT2D eigenvalue weighted by Gasteiger charge is -2.32. The van der Waals surface area contributed by atoms with Crippen molar-refractivity contribution in [3.8, 4) is 5.69 Å². The molecule has 0 saturated carbocycles. The number of aliphatic imine (C=N–C) groups is 1. The van der Waals surface area contributed by atoms with Crippen LogP contribution in [0.15, 0.2) is 48.0 Å². The van der Waals surface area contributed by atoms with Crippen molar-refractivity contribution in [2.45, 2.75) is 32.4 Å². The predicted octanol–water partition coefficient (Wildman–Crippen LogP) is 2.78. The molecule has 9 heteroatoms. The van der Waals surface area contributed by atoms with Crippen LogP contribution in [-0.2, 0) is 11.3 Å². The third kappa shape index (κ3) is 6.34.